The lowest BCUT2D eigenvalue weighted by molar-refractivity contribution is -0.117. The lowest BCUT2D eigenvalue weighted by Gasteiger charge is -2.33. The van der Waals surface area contributed by atoms with Crippen molar-refractivity contribution < 1.29 is 4.79 Å². The smallest absolute Gasteiger partial charge is 0.249 e. The summed E-state index contributed by atoms with van der Waals surface area (Å²) in [7, 11) is 0. The number of hydrogen-bond donors (Lipinski definition) is 0. The molecule has 5 rings (SSSR count). The number of thioether (sulfide) groups is 1. The molecular formula is C26H19NOS2. The van der Waals surface area contributed by atoms with E-state index in [0.29, 0.717) is 0 Å². The van der Waals surface area contributed by atoms with E-state index in [1.165, 1.54) is 0 Å². The Labute approximate surface area is 184 Å². The Kier molecular flexibility index (Phi) is 5.35. The van der Waals surface area contributed by atoms with Crippen molar-refractivity contribution in [1.29, 1.82) is 0 Å². The number of hydrogen-bond acceptors (Lipinski definition) is 3. The largest absolute Gasteiger partial charge is 0.278 e. The van der Waals surface area contributed by atoms with E-state index in [0.717, 1.165) is 31.6 Å². The fourth-order valence-corrected chi connectivity index (χ4v) is 5.73. The molecule has 1 aliphatic heterocycles. The van der Waals surface area contributed by atoms with Crippen LogP contribution < -0.4 is 4.90 Å². The second-order valence-electron chi connectivity index (χ2n) is 6.93. The zero-order valence-electron chi connectivity index (χ0n) is 16.1. The van der Waals surface area contributed by atoms with Crippen molar-refractivity contribution in [2.75, 3.05) is 4.90 Å². The summed E-state index contributed by atoms with van der Waals surface area (Å²) >= 11 is 3.31. The predicted octanol–water partition coefficient (Wildman–Crippen LogP) is 7.35. The van der Waals surface area contributed by atoms with Crippen LogP contribution in [0.1, 0.15) is 10.8 Å². The highest BCUT2D eigenvalue weighted by Gasteiger charge is 2.33. The molecule has 0 bridgehead atoms. The van der Waals surface area contributed by atoms with Gasteiger partial charge in [-0.25, -0.2) is 0 Å². The Morgan fingerprint density at radius 1 is 0.667 bits per heavy atom. The molecule has 0 fully saturated rings. The Morgan fingerprint density at radius 3 is 1.77 bits per heavy atom. The number of benzene rings is 4. The van der Waals surface area contributed by atoms with Crippen LogP contribution in [0.3, 0.4) is 0 Å². The highest BCUT2D eigenvalue weighted by Crippen LogP contribution is 2.50. The van der Waals surface area contributed by atoms with Crippen molar-refractivity contribution in [2.45, 2.75) is 19.9 Å². The molecule has 1 atom stereocenters. The Balaban J connectivity index is 1.62. The minimum atomic E-state index is -0.349. The van der Waals surface area contributed by atoms with Crippen LogP contribution in [0.15, 0.2) is 124 Å². The number of anilines is 2. The van der Waals surface area contributed by atoms with Crippen molar-refractivity contribution in [3.63, 3.8) is 0 Å². The first-order chi connectivity index (χ1) is 14.8. The molecule has 1 amide bonds. The van der Waals surface area contributed by atoms with Gasteiger partial charge >= 0.3 is 0 Å². The third-order valence-electron chi connectivity index (χ3n) is 4.98. The molecule has 1 aliphatic rings. The maximum absolute atomic E-state index is 14.1. The molecule has 4 aromatic rings. The zero-order chi connectivity index (χ0) is 20.3. The second-order valence-corrected chi connectivity index (χ2v) is 9.20. The Morgan fingerprint density at radius 2 is 1.17 bits per heavy atom. The molecule has 2 nitrogen and oxygen atoms in total. The van der Waals surface area contributed by atoms with Crippen molar-refractivity contribution in [3.8, 4) is 0 Å². The average molecular weight is 426 g/mol. The summed E-state index contributed by atoms with van der Waals surface area (Å²) in [6.45, 7) is 0. The number of carbonyl (C=O) groups excluding carboxylic acids is 1. The van der Waals surface area contributed by atoms with Gasteiger partial charge in [0.1, 0.15) is 5.25 Å². The summed E-state index contributed by atoms with van der Waals surface area (Å²) in [4.78, 5) is 19.3. The molecule has 0 spiro atoms. The fraction of sp³-hybridized carbons (Fsp3) is 0.0385. The van der Waals surface area contributed by atoms with Crippen molar-refractivity contribution in [1.82, 2.24) is 0 Å². The lowest BCUT2D eigenvalue weighted by Crippen LogP contribution is -2.32. The number of para-hydroxylation sites is 2. The van der Waals surface area contributed by atoms with Gasteiger partial charge in [-0.2, -0.15) is 0 Å². The van der Waals surface area contributed by atoms with E-state index >= 15 is 0 Å². The topological polar surface area (TPSA) is 20.3 Å². The van der Waals surface area contributed by atoms with Crippen LogP contribution in [-0.4, -0.2) is 5.91 Å². The van der Waals surface area contributed by atoms with Crippen LogP contribution in [0.25, 0.3) is 0 Å². The molecule has 146 valence electrons. The van der Waals surface area contributed by atoms with Crippen LogP contribution in [-0.2, 0) is 4.79 Å². The molecule has 4 heteroatoms. The maximum Gasteiger partial charge on any atom is 0.249 e. The molecule has 0 aliphatic carbocycles. The minimum Gasteiger partial charge on any atom is -0.278 e. The normalized spacial score (nSPS) is 13.3. The summed E-state index contributed by atoms with van der Waals surface area (Å²) in [5.74, 6) is 0.0650. The highest BCUT2D eigenvalue weighted by molar-refractivity contribution is 8.00. The van der Waals surface area contributed by atoms with Gasteiger partial charge in [0, 0.05) is 14.7 Å². The summed E-state index contributed by atoms with van der Waals surface area (Å²) in [5.41, 5.74) is 2.89. The van der Waals surface area contributed by atoms with Gasteiger partial charge in [0.15, 0.2) is 0 Å². The Hall–Kier alpha value is -2.95. The van der Waals surface area contributed by atoms with Gasteiger partial charge in [0.25, 0.3) is 0 Å². The molecule has 0 radical (unpaired) electrons. The molecule has 0 aromatic heterocycles. The molecule has 1 unspecified atom stereocenters. The van der Waals surface area contributed by atoms with E-state index in [2.05, 4.69) is 24.3 Å². The minimum absolute atomic E-state index is 0.0650. The van der Waals surface area contributed by atoms with E-state index in [9.17, 15) is 4.79 Å². The summed E-state index contributed by atoms with van der Waals surface area (Å²) in [6, 6.07) is 36.5. The molecule has 4 aromatic carbocycles. The van der Waals surface area contributed by atoms with Crippen molar-refractivity contribution in [3.05, 3.63) is 115 Å². The van der Waals surface area contributed by atoms with Crippen LogP contribution in [0, 0.1) is 0 Å². The molecule has 0 N–H and O–H groups in total. The van der Waals surface area contributed by atoms with Gasteiger partial charge in [-0.15, -0.1) is 11.8 Å². The van der Waals surface area contributed by atoms with E-state index in [-0.39, 0.29) is 11.2 Å². The summed E-state index contributed by atoms with van der Waals surface area (Å²) < 4.78 is 0. The third-order valence-corrected chi connectivity index (χ3v) is 7.36. The number of carbonyl (C=O) groups is 1. The first-order valence-electron chi connectivity index (χ1n) is 9.78. The molecule has 30 heavy (non-hydrogen) atoms. The van der Waals surface area contributed by atoms with Gasteiger partial charge in [0.2, 0.25) is 5.91 Å². The SMILES string of the molecule is O=C(C(Sc1ccccc1)c1ccccc1)N1c2ccccc2Sc2ccccc21. The highest BCUT2D eigenvalue weighted by atomic mass is 32.2. The third kappa shape index (κ3) is 3.64. The number of fused-ring (bicyclic) bond motifs is 2. The summed E-state index contributed by atoms with van der Waals surface area (Å²) in [5, 5.41) is -0.349. The van der Waals surface area contributed by atoms with Gasteiger partial charge in [-0.3, -0.25) is 9.69 Å². The van der Waals surface area contributed by atoms with Gasteiger partial charge < -0.3 is 0 Å². The van der Waals surface area contributed by atoms with Crippen LogP contribution in [0.2, 0.25) is 0 Å². The first-order valence-corrected chi connectivity index (χ1v) is 11.5. The quantitative estimate of drug-likeness (QED) is 0.319. The average Bonchev–Trinajstić information content (AvgIpc) is 2.82. The number of rotatable bonds is 4. The van der Waals surface area contributed by atoms with Crippen molar-refractivity contribution in [2.24, 2.45) is 0 Å². The molecule has 1 heterocycles. The van der Waals surface area contributed by atoms with E-state index < -0.39 is 0 Å². The van der Waals surface area contributed by atoms with E-state index in [1.807, 2.05) is 89.8 Å². The maximum atomic E-state index is 14.1. The van der Waals surface area contributed by atoms with Crippen LogP contribution in [0.5, 0.6) is 0 Å². The second kappa shape index (κ2) is 8.42. The Bertz CT molecular complexity index is 1130. The van der Waals surface area contributed by atoms with Crippen LogP contribution >= 0.6 is 23.5 Å². The van der Waals surface area contributed by atoms with E-state index in [1.54, 1.807) is 23.5 Å². The number of nitrogens with zero attached hydrogens (tertiary/aromatic N) is 1. The predicted molar refractivity (Wildman–Crippen MR) is 126 cm³/mol. The lowest BCUT2D eigenvalue weighted by atomic mass is 10.1. The molecule has 0 saturated heterocycles. The van der Waals surface area contributed by atoms with Crippen molar-refractivity contribution >= 4 is 40.8 Å². The summed E-state index contributed by atoms with van der Waals surface area (Å²) in [6.07, 6.45) is 0. The van der Waals surface area contributed by atoms with Gasteiger partial charge in [-0.05, 0) is 42.0 Å². The monoisotopic (exact) mass is 425 g/mol. The van der Waals surface area contributed by atoms with Gasteiger partial charge in [-0.1, -0.05) is 84.6 Å². The van der Waals surface area contributed by atoms with Crippen LogP contribution in [0.4, 0.5) is 11.4 Å². The van der Waals surface area contributed by atoms with E-state index in [4.69, 9.17) is 0 Å². The fourth-order valence-electron chi connectivity index (χ4n) is 3.58. The zero-order valence-corrected chi connectivity index (χ0v) is 17.8. The first kappa shape index (κ1) is 19.0. The molecular weight excluding hydrogens is 406 g/mol. The van der Waals surface area contributed by atoms with Gasteiger partial charge in [0.05, 0.1) is 11.4 Å². The number of amides is 1. The standard InChI is InChI=1S/C26H19NOS2/c28-26(25(19-11-3-1-4-12-19)29-20-13-5-2-6-14-20)27-21-15-7-9-17-23(21)30-24-18-10-8-16-22(24)27/h1-18,25H. The molecule has 0 saturated carbocycles.